The van der Waals surface area contributed by atoms with Crippen LogP contribution in [0, 0.1) is 0 Å². The number of aliphatic hydroxyl groups excluding tert-OH is 1. The van der Waals surface area contributed by atoms with E-state index in [1.54, 1.807) is 0 Å². The lowest BCUT2D eigenvalue weighted by atomic mass is 10.6. The number of hydrogen-bond donors (Lipinski definition) is 1. The molecule has 0 fully saturated rings. The maximum Gasteiger partial charge on any atom is 0.0626 e. The van der Waals surface area contributed by atoms with Crippen molar-refractivity contribution in [2.45, 2.75) is 26.4 Å². The lowest BCUT2D eigenvalue weighted by molar-refractivity contribution is 0.369. The number of rotatable bonds is 3. The highest BCUT2D eigenvalue weighted by molar-refractivity contribution is 7.58. The Morgan fingerprint density at radius 1 is 1.50 bits per heavy atom. The second-order valence-corrected chi connectivity index (χ2v) is 5.27. The molecular formula is C6H15OP. The summed E-state index contributed by atoms with van der Waals surface area (Å²) < 4.78 is 0. The normalized spacial score (nSPS) is 14.6. The third kappa shape index (κ3) is 2.64. The summed E-state index contributed by atoms with van der Waals surface area (Å²) >= 11 is 0. The quantitative estimate of drug-likeness (QED) is 0.584. The van der Waals surface area contributed by atoms with Crippen LogP contribution in [0.5, 0.6) is 0 Å². The van der Waals surface area contributed by atoms with E-state index in [1.807, 2.05) is 0 Å². The van der Waals surface area contributed by atoms with Crippen molar-refractivity contribution in [1.82, 2.24) is 0 Å². The van der Waals surface area contributed by atoms with Crippen LogP contribution < -0.4 is 0 Å². The molecule has 1 atom stereocenters. The van der Waals surface area contributed by atoms with Gasteiger partial charge < -0.3 is 5.11 Å². The van der Waals surface area contributed by atoms with E-state index in [9.17, 15) is 0 Å². The van der Waals surface area contributed by atoms with Gasteiger partial charge in [-0.05, 0) is 11.8 Å². The Labute approximate surface area is 52.9 Å². The molecule has 0 aliphatic carbocycles. The van der Waals surface area contributed by atoms with Crippen molar-refractivity contribution in [3.8, 4) is 0 Å². The average molecular weight is 134 g/mol. The summed E-state index contributed by atoms with van der Waals surface area (Å²) in [6.45, 7) is 6.48. The van der Waals surface area contributed by atoms with Crippen LogP contribution in [0.1, 0.15) is 20.8 Å². The maximum absolute atomic E-state index is 8.73. The Morgan fingerprint density at radius 2 is 2.00 bits per heavy atom. The molecule has 0 saturated carbocycles. The van der Waals surface area contributed by atoms with Crippen molar-refractivity contribution in [2.24, 2.45) is 0 Å². The van der Waals surface area contributed by atoms with Gasteiger partial charge in [0.1, 0.15) is 0 Å². The molecule has 1 unspecified atom stereocenters. The minimum atomic E-state index is -0.0597. The highest BCUT2D eigenvalue weighted by Crippen LogP contribution is 2.38. The lowest BCUT2D eigenvalue weighted by Gasteiger charge is -2.15. The predicted octanol–water partition coefficient (Wildman–Crippen LogP) is 1.85. The Bertz CT molecular complexity index is 50.5. The molecule has 0 rings (SSSR count). The zero-order chi connectivity index (χ0) is 6.57. The Balaban J connectivity index is 3.35. The molecule has 50 valence electrons. The van der Waals surface area contributed by atoms with E-state index in [0.29, 0.717) is 12.0 Å². The van der Waals surface area contributed by atoms with Crippen LogP contribution in [-0.4, -0.2) is 23.3 Å². The van der Waals surface area contributed by atoms with Crippen molar-refractivity contribution in [2.75, 3.05) is 12.5 Å². The van der Waals surface area contributed by atoms with E-state index in [2.05, 4.69) is 20.8 Å². The molecule has 0 aliphatic heterocycles. The molecule has 8 heavy (non-hydrogen) atoms. The van der Waals surface area contributed by atoms with Gasteiger partial charge in [0.15, 0.2) is 0 Å². The Morgan fingerprint density at radius 3 is 2.00 bits per heavy atom. The summed E-state index contributed by atoms with van der Waals surface area (Å²) in [7, 11) is -0.0597. The molecule has 0 amide bonds. The van der Waals surface area contributed by atoms with E-state index in [0.717, 1.165) is 6.16 Å². The van der Waals surface area contributed by atoms with Gasteiger partial charge in [-0.15, -0.1) is 0 Å². The molecule has 0 aromatic heterocycles. The Kier molecular flexibility index (Phi) is 4.50. The summed E-state index contributed by atoms with van der Waals surface area (Å²) in [6, 6.07) is 0. The SMILES string of the molecule is CCP(CO)C(C)C. The first-order valence-electron chi connectivity index (χ1n) is 3.07. The number of hydrogen-bond acceptors (Lipinski definition) is 1. The zero-order valence-corrected chi connectivity index (χ0v) is 6.78. The highest BCUT2D eigenvalue weighted by atomic mass is 31.1. The van der Waals surface area contributed by atoms with Crippen molar-refractivity contribution >= 4 is 7.92 Å². The summed E-state index contributed by atoms with van der Waals surface area (Å²) in [5.41, 5.74) is 0.694. The molecule has 2 heteroatoms. The van der Waals surface area contributed by atoms with E-state index in [-0.39, 0.29) is 7.92 Å². The first-order chi connectivity index (χ1) is 3.72. The summed E-state index contributed by atoms with van der Waals surface area (Å²) in [4.78, 5) is 0. The first kappa shape index (κ1) is 8.39. The standard InChI is InChI=1S/C6H15OP/c1-4-8(5-7)6(2)3/h6-7H,4-5H2,1-3H3. The van der Waals surface area contributed by atoms with Crippen molar-refractivity contribution in [3.05, 3.63) is 0 Å². The monoisotopic (exact) mass is 134 g/mol. The second kappa shape index (κ2) is 4.29. The van der Waals surface area contributed by atoms with Gasteiger partial charge in [0, 0.05) is 0 Å². The van der Waals surface area contributed by atoms with Crippen LogP contribution in [-0.2, 0) is 0 Å². The van der Waals surface area contributed by atoms with E-state index in [1.165, 1.54) is 0 Å². The van der Waals surface area contributed by atoms with Crippen LogP contribution in [0.2, 0.25) is 0 Å². The summed E-state index contributed by atoms with van der Waals surface area (Å²) in [5.74, 6) is 0. The first-order valence-corrected chi connectivity index (χ1v) is 4.85. The largest absolute Gasteiger partial charge is 0.392 e. The van der Waals surface area contributed by atoms with Crippen LogP contribution in [0.4, 0.5) is 0 Å². The smallest absolute Gasteiger partial charge is 0.0626 e. The van der Waals surface area contributed by atoms with Crippen LogP contribution >= 0.6 is 7.92 Å². The molecule has 0 saturated heterocycles. The minimum Gasteiger partial charge on any atom is -0.392 e. The van der Waals surface area contributed by atoms with Gasteiger partial charge in [-0.3, -0.25) is 0 Å². The van der Waals surface area contributed by atoms with Gasteiger partial charge in [-0.25, -0.2) is 0 Å². The molecule has 0 aromatic rings. The topological polar surface area (TPSA) is 20.2 Å². The minimum absolute atomic E-state index is 0.0597. The predicted molar refractivity (Wildman–Crippen MR) is 39.7 cm³/mol. The third-order valence-corrected chi connectivity index (χ3v) is 3.95. The van der Waals surface area contributed by atoms with Crippen LogP contribution in [0.15, 0.2) is 0 Å². The molecule has 0 spiro atoms. The lowest BCUT2D eigenvalue weighted by Crippen LogP contribution is -1.97. The fraction of sp³-hybridized carbons (Fsp3) is 1.00. The number of aliphatic hydroxyl groups is 1. The molecule has 0 bridgehead atoms. The van der Waals surface area contributed by atoms with Crippen molar-refractivity contribution in [3.63, 3.8) is 0 Å². The molecule has 1 nitrogen and oxygen atoms in total. The third-order valence-electron chi connectivity index (χ3n) is 1.32. The molecule has 0 aliphatic rings. The highest BCUT2D eigenvalue weighted by Gasteiger charge is 2.06. The van der Waals surface area contributed by atoms with Crippen molar-refractivity contribution in [1.29, 1.82) is 0 Å². The van der Waals surface area contributed by atoms with Gasteiger partial charge in [0.25, 0.3) is 0 Å². The molecular weight excluding hydrogens is 119 g/mol. The van der Waals surface area contributed by atoms with E-state index >= 15 is 0 Å². The van der Waals surface area contributed by atoms with E-state index in [4.69, 9.17) is 5.11 Å². The zero-order valence-electron chi connectivity index (χ0n) is 5.89. The van der Waals surface area contributed by atoms with Crippen LogP contribution in [0.3, 0.4) is 0 Å². The van der Waals surface area contributed by atoms with Gasteiger partial charge >= 0.3 is 0 Å². The average Bonchev–Trinajstić information content (AvgIpc) is 1.69. The fourth-order valence-electron chi connectivity index (χ4n) is 0.628. The summed E-state index contributed by atoms with van der Waals surface area (Å²) in [5, 5.41) is 8.73. The summed E-state index contributed by atoms with van der Waals surface area (Å²) in [6.07, 6.45) is 1.56. The fourth-order valence-corrected chi connectivity index (χ4v) is 1.89. The molecule has 0 aromatic carbocycles. The van der Waals surface area contributed by atoms with Gasteiger partial charge in [0.2, 0.25) is 0 Å². The van der Waals surface area contributed by atoms with Crippen molar-refractivity contribution < 1.29 is 5.11 Å². The van der Waals surface area contributed by atoms with Gasteiger partial charge in [0.05, 0.1) is 6.35 Å². The van der Waals surface area contributed by atoms with Gasteiger partial charge in [-0.2, -0.15) is 0 Å². The maximum atomic E-state index is 8.73. The molecule has 0 heterocycles. The van der Waals surface area contributed by atoms with Gasteiger partial charge in [-0.1, -0.05) is 28.7 Å². The second-order valence-electron chi connectivity index (χ2n) is 2.14. The molecule has 0 radical (unpaired) electrons. The van der Waals surface area contributed by atoms with E-state index < -0.39 is 0 Å². The van der Waals surface area contributed by atoms with Crippen LogP contribution in [0.25, 0.3) is 0 Å². The molecule has 1 N–H and O–H groups in total. The Hall–Kier alpha value is 0.390.